The number of halogens is 1. The van der Waals surface area contributed by atoms with Gasteiger partial charge in [0.05, 0.1) is 17.6 Å². The first-order valence-electron chi connectivity index (χ1n) is 7.01. The molecule has 120 valence electrons. The summed E-state index contributed by atoms with van der Waals surface area (Å²) in [5.74, 6) is -0.730. The van der Waals surface area contributed by atoms with Crippen LogP contribution in [0.4, 0.5) is 5.69 Å². The monoisotopic (exact) mass is 333 g/mol. The van der Waals surface area contributed by atoms with E-state index in [1.807, 2.05) is 13.8 Å². The Morgan fingerprint density at radius 3 is 2.48 bits per heavy atom. The van der Waals surface area contributed by atoms with Crippen LogP contribution in [-0.2, 0) is 11.2 Å². The van der Waals surface area contributed by atoms with Crippen molar-refractivity contribution in [1.82, 2.24) is 9.97 Å². The molecule has 0 aliphatic rings. The molecular formula is C16H16ClN3O3. The standard InChI is InChI=1S/C16H16ClN3O3/c1-9(2)15-18-8-12(17)14(20-15)16(23)19-11-5-3-10(4-6-11)7-13(21)22/h3-6,8-9H,7H2,1-2H3,(H,19,23)(H,21,22). The summed E-state index contributed by atoms with van der Waals surface area (Å²) in [5.41, 5.74) is 1.29. The topological polar surface area (TPSA) is 92.2 Å². The van der Waals surface area contributed by atoms with Gasteiger partial charge in [0, 0.05) is 11.6 Å². The molecule has 0 atom stereocenters. The van der Waals surface area contributed by atoms with Gasteiger partial charge in [0.1, 0.15) is 5.82 Å². The van der Waals surface area contributed by atoms with E-state index in [1.54, 1.807) is 24.3 Å². The number of aliphatic carboxylic acids is 1. The van der Waals surface area contributed by atoms with Crippen LogP contribution < -0.4 is 5.32 Å². The molecule has 0 bridgehead atoms. The van der Waals surface area contributed by atoms with Crippen LogP contribution in [0.5, 0.6) is 0 Å². The van der Waals surface area contributed by atoms with Crippen LogP contribution in [0.1, 0.15) is 41.6 Å². The first-order valence-corrected chi connectivity index (χ1v) is 7.39. The van der Waals surface area contributed by atoms with Crippen molar-refractivity contribution in [3.63, 3.8) is 0 Å². The van der Waals surface area contributed by atoms with E-state index in [0.29, 0.717) is 17.1 Å². The average molecular weight is 334 g/mol. The predicted octanol–water partition coefficient (Wildman–Crippen LogP) is 3.13. The number of anilines is 1. The SMILES string of the molecule is CC(C)c1ncc(Cl)c(C(=O)Nc2ccc(CC(=O)O)cc2)n1. The first-order chi connectivity index (χ1) is 10.9. The number of carboxylic acids is 1. The number of carbonyl (C=O) groups is 2. The van der Waals surface area contributed by atoms with Crippen molar-refractivity contribution in [3.05, 3.63) is 52.6 Å². The van der Waals surface area contributed by atoms with Crippen LogP contribution in [-0.4, -0.2) is 27.0 Å². The van der Waals surface area contributed by atoms with Gasteiger partial charge in [0.25, 0.3) is 5.91 Å². The number of carboxylic acid groups (broad SMARTS) is 1. The number of nitrogens with zero attached hydrogens (tertiary/aromatic N) is 2. The predicted molar refractivity (Wildman–Crippen MR) is 86.9 cm³/mol. The van der Waals surface area contributed by atoms with Gasteiger partial charge >= 0.3 is 5.97 Å². The van der Waals surface area contributed by atoms with Gasteiger partial charge in [-0.1, -0.05) is 37.6 Å². The molecule has 0 fully saturated rings. The fourth-order valence-electron chi connectivity index (χ4n) is 1.89. The van der Waals surface area contributed by atoms with Gasteiger partial charge in [-0.05, 0) is 17.7 Å². The van der Waals surface area contributed by atoms with Crippen LogP contribution in [0.25, 0.3) is 0 Å². The van der Waals surface area contributed by atoms with Gasteiger partial charge in [0.2, 0.25) is 0 Å². The van der Waals surface area contributed by atoms with E-state index < -0.39 is 11.9 Å². The first kappa shape index (κ1) is 16.9. The Morgan fingerprint density at radius 1 is 1.26 bits per heavy atom. The molecule has 0 spiro atoms. The molecule has 0 saturated carbocycles. The highest BCUT2D eigenvalue weighted by atomic mass is 35.5. The zero-order chi connectivity index (χ0) is 17.0. The Hall–Kier alpha value is -2.47. The summed E-state index contributed by atoms with van der Waals surface area (Å²) in [6, 6.07) is 6.55. The van der Waals surface area contributed by atoms with Crippen LogP contribution in [0, 0.1) is 0 Å². The summed E-state index contributed by atoms with van der Waals surface area (Å²) >= 11 is 5.99. The van der Waals surface area contributed by atoms with Crippen molar-refractivity contribution in [3.8, 4) is 0 Å². The molecule has 1 aromatic carbocycles. The van der Waals surface area contributed by atoms with Crippen molar-refractivity contribution in [2.45, 2.75) is 26.2 Å². The number of rotatable bonds is 5. The fourth-order valence-corrected chi connectivity index (χ4v) is 2.07. The lowest BCUT2D eigenvalue weighted by Crippen LogP contribution is -2.16. The minimum atomic E-state index is -0.907. The zero-order valence-corrected chi connectivity index (χ0v) is 13.5. The van der Waals surface area contributed by atoms with Gasteiger partial charge in [-0.2, -0.15) is 0 Å². The van der Waals surface area contributed by atoms with E-state index in [4.69, 9.17) is 16.7 Å². The second-order valence-electron chi connectivity index (χ2n) is 5.30. The van der Waals surface area contributed by atoms with Crippen molar-refractivity contribution in [2.75, 3.05) is 5.32 Å². The summed E-state index contributed by atoms with van der Waals surface area (Å²) in [6.07, 6.45) is 1.35. The van der Waals surface area contributed by atoms with Gasteiger partial charge in [0.15, 0.2) is 5.69 Å². The second kappa shape index (κ2) is 7.19. The van der Waals surface area contributed by atoms with Crippen molar-refractivity contribution in [2.24, 2.45) is 0 Å². The van der Waals surface area contributed by atoms with Crippen molar-refractivity contribution >= 4 is 29.2 Å². The van der Waals surface area contributed by atoms with Crippen LogP contribution in [0.3, 0.4) is 0 Å². The van der Waals surface area contributed by atoms with Crippen LogP contribution in [0.2, 0.25) is 5.02 Å². The van der Waals surface area contributed by atoms with Crippen molar-refractivity contribution < 1.29 is 14.7 Å². The zero-order valence-electron chi connectivity index (χ0n) is 12.7. The molecule has 7 heteroatoms. The maximum atomic E-state index is 12.3. The highest BCUT2D eigenvalue weighted by molar-refractivity contribution is 6.33. The number of amides is 1. The summed E-state index contributed by atoms with van der Waals surface area (Å²) in [5, 5.41) is 11.6. The molecule has 2 rings (SSSR count). The number of hydrogen-bond donors (Lipinski definition) is 2. The Balaban J connectivity index is 2.15. The lowest BCUT2D eigenvalue weighted by Gasteiger charge is -2.09. The van der Waals surface area contributed by atoms with Gasteiger partial charge in [-0.25, -0.2) is 9.97 Å². The summed E-state index contributed by atoms with van der Waals surface area (Å²) in [7, 11) is 0. The highest BCUT2D eigenvalue weighted by Gasteiger charge is 2.15. The Bertz CT molecular complexity index is 730. The third kappa shape index (κ3) is 4.50. The highest BCUT2D eigenvalue weighted by Crippen LogP contribution is 2.18. The maximum absolute atomic E-state index is 12.3. The van der Waals surface area contributed by atoms with Crippen molar-refractivity contribution in [1.29, 1.82) is 0 Å². The molecule has 1 aromatic heterocycles. The number of aromatic nitrogens is 2. The summed E-state index contributed by atoms with van der Waals surface area (Å²) in [4.78, 5) is 31.2. The summed E-state index contributed by atoms with van der Waals surface area (Å²) in [6.45, 7) is 3.85. The molecule has 2 aromatic rings. The number of carbonyl (C=O) groups excluding carboxylic acids is 1. The largest absolute Gasteiger partial charge is 0.481 e. The van der Waals surface area contributed by atoms with Crippen LogP contribution in [0.15, 0.2) is 30.5 Å². The van der Waals surface area contributed by atoms with Gasteiger partial charge in [-0.3, -0.25) is 9.59 Å². The third-order valence-electron chi connectivity index (χ3n) is 3.06. The second-order valence-corrected chi connectivity index (χ2v) is 5.71. The summed E-state index contributed by atoms with van der Waals surface area (Å²) < 4.78 is 0. The minimum absolute atomic E-state index is 0.0658. The molecule has 0 aliphatic carbocycles. The van der Waals surface area contributed by atoms with E-state index in [9.17, 15) is 9.59 Å². The van der Waals surface area contributed by atoms with Gasteiger partial charge < -0.3 is 10.4 Å². The molecule has 2 N–H and O–H groups in total. The maximum Gasteiger partial charge on any atom is 0.307 e. The quantitative estimate of drug-likeness (QED) is 0.877. The minimum Gasteiger partial charge on any atom is -0.481 e. The molecule has 6 nitrogen and oxygen atoms in total. The molecule has 0 unspecified atom stereocenters. The molecule has 0 aliphatic heterocycles. The van der Waals surface area contributed by atoms with Gasteiger partial charge in [-0.15, -0.1) is 0 Å². The fraction of sp³-hybridized carbons (Fsp3) is 0.250. The Morgan fingerprint density at radius 2 is 1.91 bits per heavy atom. The lowest BCUT2D eigenvalue weighted by atomic mass is 10.1. The normalized spacial score (nSPS) is 10.6. The molecule has 1 heterocycles. The number of benzene rings is 1. The van der Waals surface area contributed by atoms with E-state index in [0.717, 1.165) is 0 Å². The van der Waals surface area contributed by atoms with E-state index in [-0.39, 0.29) is 23.1 Å². The van der Waals surface area contributed by atoms with E-state index in [1.165, 1.54) is 6.20 Å². The number of nitrogens with one attached hydrogen (secondary N) is 1. The van der Waals surface area contributed by atoms with E-state index in [2.05, 4.69) is 15.3 Å². The molecule has 23 heavy (non-hydrogen) atoms. The van der Waals surface area contributed by atoms with E-state index >= 15 is 0 Å². The average Bonchev–Trinajstić information content (AvgIpc) is 2.48. The Labute approximate surface area is 138 Å². The lowest BCUT2D eigenvalue weighted by molar-refractivity contribution is -0.136. The van der Waals surface area contributed by atoms with Crippen LogP contribution >= 0.6 is 11.6 Å². The third-order valence-corrected chi connectivity index (χ3v) is 3.34. The smallest absolute Gasteiger partial charge is 0.307 e. The number of hydrogen-bond acceptors (Lipinski definition) is 4. The molecule has 1 amide bonds. The molecular weight excluding hydrogens is 318 g/mol. The molecule has 0 radical (unpaired) electrons. The molecule has 0 saturated heterocycles. The Kier molecular flexibility index (Phi) is 5.28.